The van der Waals surface area contributed by atoms with Crippen LogP contribution >= 0.6 is 0 Å². The highest BCUT2D eigenvalue weighted by Gasteiger charge is 2.45. The minimum Gasteiger partial charge on any atom is -0.449 e. The van der Waals surface area contributed by atoms with E-state index < -0.39 is 0 Å². The van der Waals surface area contributed by atoms with E-state index in [2.05, 4.69) is 41.7 Å². The number of hydrogen-bond donors (Lipinski definition) is 2. The maximum atomic E-state index is 12.5. The number of rotatable bonds is 4. The summed E-state index contributed by atoms with van der Waals surface area (Å²) in [5.74, 6) is 0.851. The minimum absolute atomic E-state index is 0.0272. The molecule has 1 saturated carbocycles. The zero-order chi connectivity index (χ0) is 18.4. The quantitative estimate of drug-likeness (QED) is 0.816. The summed E-state index contributed by atoms with van der Waals surface area (Å²) in [6.07, 6.45) is 4.95. The lowest BCUT2D eigenvalue weighted by molar-refractivity contribution is 0.125. The standard InChI is InChI=1S/C23H23NO3/c25-12-20-14-9-10-15(11-14)22(20)24-23(26)27-13-21-18-7-3-1-5-16(18)17-6-2-4-8-19(17)21/h1-10,14-15,20-22,25H,11-13H2,(H,24,26). The van der Waals surface area contributed by atoms with Crippen molar-refractivity contribution in [2.75, 3.05) is 13.2 Å². The molecule has 4 nitrogen and oxygen atoms in total. The van der Waals surface area contributed by atoms with Crippen LogP contribution in [-0.2, 0) is 4.74 Å². The van der Waals surface area contributed by atoms with Crippen molar-refractivity contribution in [3.05, 3.63) is 71.8 Å². The number of ether oxygens (including phenoxy) is 1. The Morgan fingerprint density at radius 3 is 2.30 bits per heavy atom. The summed E-state index contributed by atoms with van der Waals surface area (Å²) in [4.78, 5) is 12.5. The lowest BCUT2D eigenvalue weighted by Gasteiger charge is -2.27. The summed E-state index contributed by atoms with van der Waals surface area (Å²) in [6, 6.07) is 16.6. The van der Waals surface area contributed by atoms with E-state index in [-0.39, 0.29) is 30.6 Å². The van der Waals surface area contributed by atoms with Crippen LogP contribution in [0.4, 0.5) is 4.79 Å². The van der Waals surface area contributed by atoms with Crippen molar-refractivity contribution in [3.63, 3.8) is 0 Å². The van der Waals surface area contributed by atoms with Gasteiger partial charge in [0.15, 0.2) is 0 Å². The van der Waals surface area contributed by atoms with Gasteiger partial charge in [-0.3, -0.25) is 0 Å². The highest BCUT2D eigenvalue weighted by Crippen LogP contribution is 2.45. The van der Waals surface area contributed by atoms with E-state index in [0.29, 0.717) is 18.4 Å². The Morgan fingerprint density at radius 2 is 1.63 bits per heavy atom. The Labute approximate surface area is 158 Å². The van der Waals surface area contributed by atoms with Crippen LogP contribution in [-0.4, -0.2) is 30.5 Å². The molecule has 4 heteroatoms. The lowest BCUT2D eigenvalue weighted by Crippen LogP contribution is -2.44. The van der Waals surface area contributed by atoms with Crippen LogP contribution in [0.1, 0.15) is 23.5 Å². The van der Waals surface area contributed by atoms with Crippen LogP contribution < -0.4 is 5.32 Å². The van der Waals surface area contributed by atoms with Gasteiger partial charge >= 0.3 is 6.09 Å². The Hall–Kier alpha value is -2.59. The molecule has 0 aromatic heterocycles. The van der Waals surface area contributed by atoms with Gasteiger partial charge in [0.25, 0.3) is 0 Å². The fraction of sp³-hybridized carbons (Fsp3) is 0.348. The molecule has 0 aliphatic heterocycles. The first-order valence-corrected chi connectivity index (χ1v) is 9.67. The molecule has 0 heterocycles. The van der Waals surface area contributed by atoms with Crippen molar-refractivity contribution in [1.82, 2.24) is 5.32 Å². The molecular weight excluding hydrogens is 338 g/mol. The van der Waals surface area contributed by atoms with Crippen LogP contribution in [0, 0.1) is 17.8 Å². The van der Waals surface area contributed by atoms with Gasteiger partial charge in [-0.1, -0.05) is 60.7 Å². The first-order valence-electron chi connectivity index (χ1n) is 9.67. The van der Waals surface area contributed by atoms with E-state index in [9.17, 15) is 9.90 Å². The molecule has 5 rings (SSSR count). The van der Waals surface area contributed by atoms with Gasteiger partial charge in [0.05, 0.1) is 0 Å². The molecule has 0 saturated heterocycles. The molecule has 3 aliphatic rings. The fourth-order valence-electron chi connectivity index (χ4n) is 5.16. The Bertz CT molecular complexity index is 861. The van der Waals surface area contributed by atoms with Crippen LogP contribution in [0.5, 0.6) is 0 Å². The molecule has 0 radical (unpaired) electrons. The van der Waals surface area contributed by atoms with E-state index in [1.165, 1.54) is 22.3 Å². The van der Waals surface area contributed by atoms with Crippen molar-refractivity contribution in [3.8, 4) is 11.1 Å². The molecule has 2 N–H and O–H groups in total. The first-order chi connectivity index (χ1) is 13.3. The number of hydrogen-bond acceptors (Lipinski definition) is 3. The van der Waals surface area contributed by atoms with Crippen molar-refractivity contribution >= 4 is 6.09 Å². The maximum absolute atomic E-state index is 12.5. The van der Waals surface area contributed by atoms with Gasteiger partial charge in [-0.25, -0.2) is 4.79 Å². The average Bonchev–Trinajstić information content (AvgIpc) is 3.38. The molecule has 3 aliphatic carbocycles. The van der Waals surface area contributed by atoms with Gasteiger partial charge in [0, 0.05) is 24.5 Å². The summed E-state index contributed by atoms with van der Waals surface area (Å²) < 4.78 is 5.65. The number of carbonyl (C=O) groups excluding carboxylic acids is 1. The highest BCUT2D eigenvalue weighted by atomic mass is 16.5. The number of fused-ring (bicyclic) bond motifs is 5. The SMILES string of the molecule is O=C(NC1C2C=CC(C2)C1CO)OCC1c2ccccc2-c2ccccc21. The predicted molar refractivity (Wildman–Crippen MR) is 103 cm³/mol. The van der Waals surface area contributed by atoms with Gasteiger partial charge in [-0.05, 0) is 40.5 Å². The molecule has 2 bridgehead atoms. The monoisotopic (exact) mass is 361 g/mol. The highest BCUT2D eigenvalue weighted by molar-refractivity contribution is 5.79. The Kier molecular flexibility index (Phi) is 4.01. The summed E-state index contributed by atoms with van der Waals surface area (Å²) in [5.41, 5.74) is 4.87. The van der Waals surface area contributed by atoms with Crippen LogP contribution in [0.15, 0.2) is 60.7 Å². The summed E-state index contributed by atoms with van der Waals surface area (Å²) in [6.45, 7) is 0.417. The lowest BCUT2D eigenvalue weighted by atomic mass is 9.90. The third-order valence-corrected chi connectivity index (χ3v) is 6.46. The Balaban J connectivity index is 1.29. The van der Waals surface area contributed by atoms with Gasteiger partial charge in [0.2, 0.25) is 0 Å². The summed E-state index contributed by atoms with van der Waals surface area (Å²) in [5, 5.41) is 12.7. The van der Waals surface area contributed by atoms with Gasteiger partial charge in [0.1, 0.15) is 6.61 Å². The molecule has 1 fully saturated rings. The summed E-state index contributed by atoms with van der Waals surface area (Å²) >= 11 is 0. The fourth-order valence-corrected chi connectivity index (χ4v) is 5.16. The van der Waals surface area contributed by atoms with Crippen molar-refractivity contribution < 1.29 is 14.6 Å². The van der Waals surface area contributed by atoms with Crippen LogP contribution in [0.3, 0.4) is 0 Å². The number of nitrogens with one attached hydrogen (secondary N) is 1. The second-order valence-electron chi connectivity index (χ2n) is 7.79. The molecule has 0 spiro atoms. The molecule has 27 heavy (non-hydrogen) atoms. The smallest absolute Gasteiger partial charge is 0.407 e. The van der Waals surface area contributed by atoms with E-state index in [4.69, 9.17) is 4.74 Å². The topological polar surface area (TPSA) is 58.6 Å². The predicted octanol–water partition coefficient (Wildman–Crippen LogP) is 3.71. The third-order valence-electron chi connectivity index (χ3n) is 6.46. The number of aliphatic hydroxyl groups excluding tert-OH is 1. The number of allylic oxidation sites excluding steroid dienone is 1. The van der Waals surface area contributed by atoms with Crippen LogP contribution in [0.25, 0.3) is 11.1 Å². The zero-order valence-electron chi connectivity index (χ0n) is 15.0. The minimum atomic E-state index is -0.388. The molecule has 2 aromatic rings. The van der Waals surface area contributed by atoms with Crippen molar-refractivity contribution in [1.29, 1.82) is 0 Å². The molecule has 4 unspecified atom stereocenters. The van der Waals surface area contributed by atoms with Crippen molar-refractivity contribution in [2.24, 2.45) is 17.8 Å². The van der Waals surface area contributed by atoms with Crippen molar-refractivity contribution in [2.45, 2.75) is 18.4 Å². The first kappa shape index (κ1) is 16.6. The van der Waals surface area contributed by atoms with E-state index in [0.717, 1.165) is 6.42 Å². The number of carbonyl (C=O) groups is 1. The summed E-state index contributed by atoms with van der Waals surface area (Å²) in [7, 11) is 0. The molecule has 138 valence electrons. The molecular formula is C23H23NO3. The molecule has 1 amide bonds. The average molecular weight is 361 g/mol. The Morgan fingerprint density at radius 1 is 1.00 bits per heavy atom. The molecule has 2 aromatic carbocycles. The van der Waals surface area contributed by atoms with E-state index in [1.54, 1.807) is 0 Å². The molecule has 4 atom stereocenters. The third kappa shape index (κ3) is 2.67. The van der Waals surface area contributed by atoms with Gasteiger partial charge in [-0.2, -0.15) is 0 Å². The van der Waals surface area contributed by atoms with Gasteiger partial charge < -0.3 is 15.2 Å². The number of amides is 1. The number of alkyl carbamates (subject to hydrolysis) is 1. The van der Waals surface area contributed by atoms with Gasteiger partial charge in [-0.15, -0.1) is 0 Å². The van der Waals surface area contributed by atoms with E-state index >= 15 is 0 Å². The normalized spacial score (nSPS) is 27.4. The van der Waals surface area contributed by atoms with E-state index in [1.807, 2.05) is 24.3 Å². The van der Waals surface area contributed by atoms with Crippen LogP contribution in [0.2, 0.25) is 0 Å². The number of aliphatic hydroxyl groups is 1. The number of benzene rings is 2. The second kappa shape index (κ2) is 6.54. The maximum Gasteiger partial charge on any atom is 0.407 e. The largest absolute Gasteiger partial charge is 0.449 e. The zero-order valence-corrected chi connectivity index (χ0v) is 15.0. The second-order valence-corrected chi connectivity index (χ2v) is 7.79.